The number of aliphatic hydroxyl groups excluding tert-OH is 1. The number of aliphatic hydroxyl groups is 1. The first-order chi connectivity index (χ1) is 29.0. The van der Waals surface area contributed by atoms with Crippen LogP contribution in [-0.4, -0.2) is 73.4 Å². The predicted molar refractivity (Wildman–Crippen MR) is 258 cm³/mol. The van der Waals surface area contributed by atoms with Crippen LogP contribution in [0.3, 0.4) is 0 Å². The van der Waals surface area contributed by atoms with Crippen molar-refractivity contribution in [2.45, 2.75) is 206 Å². The standard InChI is InChI=1S/C51H93N2O6P/c1-6-8-10-12-14-16-18-20-22-23-24-25-26-27-28-29-31-32-34-36-38-40-42-44-50(54)49(48-59-60(56,57)58-47-46-53(3,4)5)52-51(55)45-43-41-39-37-35-33-30-21-19-17-15-13-11-9-7-2/h9,11,15,17,21,30,35,37,41-44,49-50,54H,6-8,10,12-14,16,18-20,22-29,31-34,36,38-40,45-48H2,1-5H3,(H-,52,55,56,57)/p+1/b11-9-,17-15-,30-21-,37-35-,43-41-,44-42+. The lowest BCUT2D eigenvalue weighted by atomic mass is 10.0. The van der Waals surface area contributed by atoms with Crippen LogP contribution in [0.1, 0.15) is 194 Å². The summed E-state index contributed by atoms with van der Waals surface area (Å²) in [5.41, 5.74) is 0. The van der Waals surface area contributed by atoms with Gasteiger partial charge in [-0.1, -0.05) is 215 Å². The lowest BCUT2D eigenvalue weighted by molar-refractivity contribution is -0.870. The zero-order valence-electron chi connectivity index (χ0n) is 39.4. The highest BCUT2D eigenvalue weighted by atomic mass is 31.2. The molecule has 0 aromatic heterocycles. The SMILES string of the molecule is CC/C=C\C/C=C\C/C=C\C/C=C\C/C=C\CC(=O)NC(COP(=O)(O)OCC[N+](C)(C)C)C(O)/C=C/CCCCCCCCCCCCCCCCCCCCCCC. The van der Waals surface area contributed by atoms with Gasteiger partial charge in [0.1, 0.15) is 13.2 Å². The minimum absolute atomic E-state index is 0.0420. The highest BCUT2D eigenvalue weighted by molar-refractivity contribution is 7.47. The molecule has 0 spiro atoms. The Labute approximate surface area is 370 Å². The molecule has 0 aliphatic carbocycles. The van der Waals surface area contributed by atoms with Crippen molar-refractivity contribution in [2.24, 2.45) is 0 Å². The fourth-order valence-corrected chi connectivity index (χ4v) is 7.37. The molecule has 3 atom stereocenters. The molecule has 0 aromatic carbocycles. The number of hydrogen-bond donors (Lipinski definition) is 3. The number of phosphoric acid groups is 1. The summed E-state index contributed by atoms with van der Waals surface area (Å²) in [7, 11) is 1.51. The monoisotopic (exact) mass is 862 g/mol. The Balaban J connectivity index is 4.42. The summed E-state index contributed by atoms with van der Waals surface area (Å²) in [6.45, 7) is 4.62. The molecule has 0 saturated carbocycles. The number of phosphoric ester groups is 1. The van der Waals surface area contributed by atoms with Crippen molar-refractivity contribution in [3.63, 3.8) is 0 Å². The lowest BCUT2D eigenvalue weighted by Gasteiger charge is -2.25. The molecule has 9 heteroatoms. The fraction of sp³-hybridized carbons (Fsp3) is 0.745. The highest BCUT2D eigenvalue weighted by Gasteiger charge is 2.27. The molecule has 0 bridgehead atoms. The van der Waals surface area contributed by atoms with Gasteiger partial charge in [0.25, 0.3) is 0 Å². The average molecular weight is 862 g/mol. The van der Waals surface area contributed by atoms with Gasteiger partial charge in [-0.05, 0) is 44.9 Å². The zero-order chi connectivity index (χ0) is 44.3. The molecular weight excluding hydrogens is 768 g/mol. The normalized spacial score (nSPS) is 14.8. The van der Waals surface area contributed by atoms with Crippen LogP contribution < -0.4 is 5.32 Å². The molecule has 3 N–H and O–H groups in total. The van der Waals surface area contributed by atoms with Gasteiger partial charge < -0.3 is 19.8 Å². The van der Waals surface area contributed by atoms with Gasteiger partial charge in [0.05, 0.1) is 39.9 Å². The van der Waals surface area contributed by atoms with Crippen LogP contribution in [-0.2, 0) is 18.4 Å². The van der Waals surface area contributed by atoms with E-state index in [1.165, 1.54) is 122 Å². The summed E-state index contributed by atoms with van der Waals surface area (Å²) in [5.74, 6) is -0.305. The second-order valence-corrected chi connectivity index (χ2v) is 18.9. The Morgan fingerprint density at radius 1 is 0.583 bits per heavy atom. The molecule has 0 aromatic rings. The number of allylic oxidation sites excluding steroid dienone is 10. The maximum atomic E-state index is 12.8. The van der Waals surface area contributed by atoms with Crippen molar-refractivity contribution in [1.82, 2.24) is 5.32 Å². The van der Waals surface area contributed by atoms with Crippen molar-refractivity contribution >= 4 is 13.7 Å². The lowest BCUT2D eigenvalue weighted by Crippen LogP contribution is -2.45. The Kier molecular flexibility index (Phi) is 40.8. The molecule has 0 saturated heterocycles. The van der Waals surface area contributed by atoms with Crippen LogP contribution in [0.5, 0.6) is 0 Å². The Morgan fingerprint density at radius 2 is 0.983 bits per heavy atom. The highest BCUT2D eigenvalue weighted by Crippen LogP contribution is 2.43. The second-order valence-electron chi connectivity index (χ2n) is 17.5. The number of carbonyl (C=O) groups excluding carboxylic acids is 1. The minimum atomic E-state index is -4.37. The van der Waals surface area contributed by atoms with Gasteiger partial charge in [-0.25, -0.2) is 4.57 Å². The summed E-state index contributed by atoms with van der Waals surface area (Å²) >= 11 is 0. The average Bonchev–Trinajstić information content (AvgIpc) is 3.20. The van der Waals surface area contributed by atoms with Crippen LogP contribution in [0.4, 0.5) is 0 Å². The third kappa shape index (κ3) is 44.0. The van der Waals surface area contributed by atoms with Crippen LogP contribution in [0.15, 0.2) is 72.9 Å². The molecule has 0 aliphatic rings. The number of unbranched alkanes of at least 4 members (excludes halogenated alkanes) is 21. The Bertz CT molecular complexity index is 1200. The van der Waals surface area contributed by atoms with Crippen LogP contribution >= 0.6 is 7.82 Å². The fourth-order valence-electron chi connectivity index (χ4n) is 6.64. The topological polar surface area (TPSA) is 105 Å². The van der Waals surface area contributed by atoms with Gasteiger partial charge in [-0.2, -0.15) is 0 Å². The van der Waals surface area contributed by atoms with E-state index >= 15 is 0 Å². The smallest absolute Gasteiger partial charge is 0.387 e. The predicted octanol–water partition coefficient (Wildman–Crippen LogP) is 14.0. The van der Waals surface area contributed by atoms with E-state index in [0.29, 0.717) is 17.4 Å². The number of carbonyl (C=O) groups is 1. The van der Waals surface area contributed by atoms with Crippen LogP contribution in [0.25, 0.3) is 0 Å². The van der Waals surface area contributed by atoms with Crippen LogP contribution in [0, 0.1) is 0 Å². The first-order valence-electron chi connectivity index (χ1n) is 24.3. The summed E-state index contributed by atoms with van der Waals surface area (Å²) in [6.07, 6.45) is 57.3. The van der Waals surface area contributed by atoms with E-state index in [9.17, 15) is 19.4 Å². The molecule has 0 heterocycles. The van der Waals surface area contributed by atoms with Gasteiger partial charge in [0.2, 0.25) is 5.91 Å². The zero-order valence-corrected chi connectivity index (χ0v) is 40.3. The van der Waals surface area contributed by atoms with Gasteiger partial charge in [0.15, 0.2) is 0 Å². The number of nitrogens with one attached hydrogen (secondary N) is 1. The molecule has 0 aliphatic heterocycles. The molecule has 0 rings (SSSR count). The van der Waals surface area contributed by atoms with E-state index in [0.717, 1.165) is 44.9 Å². The molecular formula is C51H94N2O6P+. The summed E-state index contributed by atoms with van der Waals surface area (Å²) in [5, 5.41) is 13.8. The van der Waals surface area contributed by atoms with E-state index in [1.54, 1.807) is 12.2 Å². The summed E-state index contributed by atoms with van der Waals surface area (Å²) < 4.78 is 23.5. The maximum Gasteiger partial charge on any atom is 0.472 e. The molecule has 60 heavy (non-hydrogen) atoms. The number of likely N-dealkylation sites (N-methyl/N-ethyl adjacent to an activating group) is 1. The van der Waals surface area contributed by atoms with Crippen molar-refractivity contribution in [2.75, 3.05) is 40.9 Å². The number of rotatable bonds is 43. The van der Waals surface area contributed by atoms with Crippen molar-refractivity contribution in [1.29, 1.82) is 0 Å². The van der Waals surface area contributed by atoms with E-state index < -0.39 is 20.0 Å². The first kappa shape index (κ1) is 57.9. The quantitative estimate of drug-likeness (QED) is 0.0244. The minimum Gasteiger partial charge on any atom is -0.387 e. The third-order valence-corrected chi connectivity index (χ3v) is 11.4. The van der Waals surface area contributed by atoms with Crippen molar-refractivity contribution < 1.29 is 32.9 Å². The first-order valence-corrected chi connectivity index (χ1v) is 25.8. The Hall–Kier alpha value is -2.06. The molecule has 3 unspecified atom stereocenters. The van der Waals surface area contributed by atoms with E-state index in [-0.39, 0.29) is 25.5 Å². The Morgan fingerprint density at radius 3 is 1.40 bits per heavy atom. The number of amides is 1. The molecule has 0 radical (unpaired) electrons. The largest absolute Gasteiger partial charge is 0.472 e. The van der Waals surface area contributed by atoms with E-state index in [4.69, 9.17) is 9.05 Å². The van der Waals surface area contributed by atoms with E-state index in [2.05, 4.69) is 67.8 Å². The molecule has 1 amide bonds. The third-order valence-electron chi connectivity index (χ3n) is 10.5. The van der Waals surface area contributed by atoms with Gasteiger partial charge in [-0.3, -0.25) is 13.8 Å². The number of hydrogen-bond acceptors (Lipinski definition) is 5. The maximum absolute atomic E-state index is 12.8. The van der Waals surface area contributed by atoms with Crippen LogP contribution in [0.2, 0.25) is 0 Å². The molecule has 348 valence electrons. The second kappa shape index (κ2) is 42.3. The van der Waals surface area contributed by atoms with E-state index in [1.807, 2.05) is 33.3 Å². The number of quaternary nitrogens is 1. The van der Waals surface area contributed by atoms with Gasteiger partial charge >= 0.3 is 7.82 Å². The summed E-state index contributed by atoms with van der Waals surface area (Å²) in [4.78, 5) is 23.1. The molecule has 8 nitrogen and oxygen atoms in total. The molecule has 0 fully saturated rings. The summed E-state index contributed by atoms with van der Waals surface area (Å²) in [6, 6.07) is -0.904. The van der Waals surface area contributed by atoms with Gasteiger partial charge in [0, 0.05) is 6.42 Å². The van der Waals surface area contributed by atoms with Crippen molar-refractivity contribution in [3.8, 4) is 0 Å². The van der Waals surface area contributed by atoms with Gasteiger partial charge in [-0.15, -0.1) is 0 Å². The van der Waals surface area contributed by atoms with Crippen molar-refractivity contribution in [3.05, 3.63) is 72.9 Å². The number of nitrogens with zero attached hydrogens (tertiary/aromatic N) is 1.